The summed E-state index contributed by atoms with van der Waals surface area (Å²) < 4.78 is 0. The average molecular weight is 416 g/mol. The summed E-state index contributed by atoms with van der Waals surface area (Å²) in [6.45, 7) is 13.5. The van der Waals surface area contributed by atoms with Crippen LogP contribution in [-0.4, -0.2) is 26.4 Å². The van der Waals surface area contributed by atoms with Crippen molar-refractivity contribution in [2.45, 2.75) is 104 Å². The fraction of sp³-hybridized carbons (Fsp3) is 0.815. The summed E-state index contributed by atoms with van der Waals surface area (Å²) in [5.41, 5.74) is 0.606. The van der Waals surface area contributed by atoms with Gasteiger partial charge in [-0.25, -0.2) is 0 Å². The molecule has 2 N–H and O–H groups in total. The summed E-state index contributed by atoms with van der Waals surface area (Å²) in [5.74, 6) is 2.72. The molecule has 2 aliphatic carbocycles. The molecular formula is C27H45NO2. The lowest BCUT2D eigenvalue weighted by Crippen LogP contribution is -2.48. The highest BCUT2D eigenvalue weighted by atomic mass is 16.3. The Kier molecular flexibility index (Phi) is 7.34. The van der Waals surface area contributed by atoms with Crippen molar-refractivity contribution >= 4 is 0 Å². The largest absolute Gasteiger partial charge is 0.389 e. The highest BCUT2D eigenvalue weighted by Crippen LogP contribution is 2.44. The van der Waals surface area contributed by atoms with E-state index in [1.807, 2.05) is 0 Å². The number of hydrogen-bond donors (Lipinski definition) is 2. The van der Waals surface area contributed by atoms with Crippen LogP contribution in [0.25, 0.3) is 0 Å². The molecule has 6 atom stereocenters. The molecule has 0 unspecified atom stereocenters. The molecule has 0 aromatic carbocycles. The predicted molar refractivity (Wildman–Crippen MR) is 124 cm³/mol. The van der Waals surface area contributed by atoms with E-state index in [4.69, 9.17) is 4.98 Å². The summed E-state index contributed by atoms with van der Waals surface area (Å²) in [4.78, 5) is 4.97. The Bertz CT molecular complexity index is 647. The molecule has 3 nitrogen and oxygen atoms in total. The first-order chi connectivity index (χ1) is 14.0. The average Bonchev–Trinajstić information content (AvgIpc) is 2.60. The standard InChI is InChI=1S/C27H45NO2/c1-18(2)24-12-10-20(5)14-26(24,29)16-22-8-7-9-23(28-22)17-27(30)15-21(6)11-13-25(27)19(3)4/h7-9,18-21,24-25,29-30H,10-17H2,1-6H3/t20-,21-,24+,25+,26-,27+/m1/s1. The molecule has 0 saturated heterocycles. The quantitative estimate of drug-likeness (QED) is 0.616. The number of rotatable bonds is 6. The maximum atomic E-state index is 11.6. The van der Waals surface area contributed by atoms with E-state index >= 15 is 0 Å². The Morgan fingerprint density at radius 2 is 1.20 bits per heavy atom. The lowest BCUT2D eigenvalue weighted by Gasteiger charge is -2.45. The molecule has 0 radical (unpaired) electrons. The van der Waals surface area contributed by atoms with E-state index in [2.05, 4.69) is 59.7 Å². The normalized spacial score (nSPS) is 37.7. The van der Waals surface area contributed by atoms with E-state index in [9.17, 15) is 10.2 Å². The van der Waals surface area contributed by atoms with Gasteiger partial charge in [-0.1, -0.05) is 60.5 Å². The number of aromatic nitrogens is 1. The van der Waals surface area contributed by atoms with Gasteiger partial charge in [-0.15, -0.1) is 0 Å². The van der Waals surface area contributed by atoms with Crippen molar-refractivity contribution in [1.82, 2.24) is 4.98 Å². The second-order valence-corrected chi connectivity index (χ2v) is 11.7. The summed E-state index contributed by atoms with van der Waals surface area (Å²) in [6.07, 6.45) is 7.58. The number of nitrogens with zero attached hydrogens (tertiary/aromatic N) is 1. The summed E-state index contributed by atoms with van der Waals surface area (Å²) >= 11 is 0. The van der Waals surface area contributed by atoms with Crippen molar-refractivity contribution in [3.8, 4) is 0 Å². The molecule has 3 rings (SSSR count). The molecule has 0 amide bonds. The van der Waals surface area contributed by atoms with Crippen LogP contribution in [0.4, 0.5) is 0 Å². The summed E-state index contributed by atoms with van der Waals surface area (Å²) in [5, 5.41) is 23.3. The van der Waals surface area contributed by atoms with E-state index < -0.39 is 11.2 Å². The topological polar surface area (TPSA) is 53.4 Å². The molecule has 0 aliphatic heterocycles. The van der Waals surface area contributed by atoms with E-state index in [1.165, 1.54) is 12.8 Å². The van der Waals surface area contributed by atoms with Crippen LogP contribution in [0.5, 0.6) is 0 Å². The minimum Gasteiger partial charge on any atom is -0.389 e. The van der Waals surface area contributed by atoms with Crippen LogP contribution < -0.4 is 0 Å². The third-order valence-corrected chi connectivity index (χ3v) is 8.17. The Morgan fingerprint density at radius 1 is 0.800 bits per heavy atom. The van der Waals surface area contributed by atoms with E-state index in [1.54, 1.807) is 0 Å². The van der Waals surface area contributed by atoms with Crippen molar-refractivity contribution < 1.29 is 10.2 Å². The van der Waals surface area contributed by atoms with Crippen molar-refractivity contribution in [2.75, 3.05) is 0 Å². The zero-order valence-corrected chi connectivity index (χ0v) is 20.2. The van der Waals surface area contributed by atoms with E-state index in [0.29, 0.717) is 48.3 Å². The Hall–Kier alpha value is -0.930. The van der Waals surface area contributed by atoms with Crippen molar-refractivity contribution in [3.05, 3.63) is 29.6 Å². The van der Waals surface area contributed by atoms with Crippen LogP contribution in [0.3, 0.4) is 0 Å². The number of hydrogen-bond acceptors (Lipinski definition) is 3. The van der Waals surface area contributed by atoms with Crippen LogP contribution >= 0.6 is 0 Å². The van der Waals surface area contributed by atoms with E-state index in [0.717, 1.165) is 37.1 Å². The molecule has 1 heterocycles. The van der Waals surface area contributed by atoms with Gasteiger partial charge in [0.2, 0.25) is 0 Å². The Labute approximate surface area is 184 Å². The maximum Gasteiger partial charge on any atom is 0.0736 e. The SMILES string of the molecule is CC(C)[C@@H]1CC[C@@H](C)C[C@]1(O)Cc1cccc(C[C@]2(O)C[C@H](C)CC[C@H]2C(C)C)n1. The third kappa shape index (κ3) is 5.27. The highest BCUT2D eigenvalue weighted by Gasteiger charge is 2.44. The zero-order chi connectivity index (χ0) is 22.1. The van der Waals surface area contributed by atoms with Gasteiger partial charge in [0.15, 0.2) is 0 Å². The van der Waals surface area contributed by atoms with Gasteiger partial charge in [-0.05, 0) is 73.3 Å². The van der Waals surface area contributed by atoms with Gasteiger partial charge in [-0.3, -0.25) is 4.98 Å². The van der Waals surface area contributed by atoms with Crippen LogP contribution in [0.15, 0.2) is 18.2 Å². The highest BCUT2D eigenvalue weighted by molar-refractivity contribution is 5.17. The Balaban J connectivity index is 1.80. The van der Waals surface area contributed by atoms with Gasteiger partial charge in [-0.2, -0.15) is 0 Å². The van der Waals surface area contributed by atoms with E-state index in [-0.39, 0.29) is 0 Å². The molecule has 2 fully saturated rings. The lowest BCUT2D eigenvalue weighted by atomic mass is 9.65. The number of aliphatic hydroxyl groups is 2. The van der Waals surface area contributed by atoms with Crippen molar-refractivity contribution in [1.29, 1.82) is 0 Å². The first-order valence-corrected chi connectivity index (χ1v) is 12.4. The lowest BCUT2D eigenvalue weighted by molar-refractivity contribution is -0.0812. The smallest absolute Gasteiger partial charge is 0.0736 e. The molecule has 30 heavy (non-hydrogen) atoms. The summed E-state index contributed by atoms with van der Waals surface area (Å²) in [7, 11) is 0. The molecule has 2 saturated carbocycles. The van der Waals surface area contributed by atoms with Gasteiger partial charge in [0.25, 0.3) is 0 Å². The molecular weight excluding hydrogens is 370 g/mol. The van der Waals surface area contributed by atoms with Gasteiger partial charge in [0.05, 0.1) is 11.2 Å². The predicted octanol–water partition coefficient (Wildman–Crippen LogP) is 5.81. The van der Waals surface area contributed by atoms with Crippen molar-refractivity contribution in [2.24, 2.45) is 35.5 Å². The minimum absolute atomic E-state index is 0.327. The Morgan fingerprint density at radius 3 is 1.57 bits per heavy atom. The van der Waals surface area contributed by atoms with Crippen molar-refractivity contribution in [3.63, 3.8) is 0 Å². The van der Waals surface area contributed by atoms with Crippen LogP contribution in [-0.2, 0) is 12.8 Å². The first kappa shape index (κ1) is 23.7. The summed E-state index contributed by atoms with van der Waals surface area (Å²) in [6, 6.07) is 6.19. The first-order valence-electron chi connectivity index (χ1n) is 12.4. The van der Waals surface area contributed by atoms with Gasteiger partial charge < -0.3 is 10.2 Å². The van der Waals surface area contributed by atoms with Crippen LogP contribution in [0, 0.1) is 35.5 Å². The zero-order valence-electron chi connectivity index (χ0n) is 20.2. The second-order valence-electron chi connectivity index (χ2n) is 11.7. The third-order valence-electron chi connectivity index (χ3n) is 8.17. The molecule has 170 valence electrons. The van der Waals surface area contributed by atoms with Gasteiger partial charge in [0, 0.05) is 24.2 Å². The fourth-order valence-corrected chi connectivity index (χ4v) is 6.85. The van der Waals surface area contributed by atoms with Gasteiger partial charge >= 0.3 is 0 Å². The molecule has 0 spiro atoms. The molecule has 3 heteroatoms. The molecule has 1 aromatic rings. The van der Waals surface area contributed by atoms with Crippen LogP contribution in [0.2, 0.25) is 0 Å². The molecule has 2 aliphatic rings. The van der Waals surface area contributed by atoms with Crippen LogP contribution in [0.1, 0.15) is 91.5 Å². The fourth-order valence-electron chi connectivity index (χ4n) is 6.85. The molecule has 1 aromatic heterocycles. The monoisotopic (exact) mass is 415 g/mol. The number of pyridine rings is 1. The second kappa shape index (κ2) is 9.28. The molecule has 0 bridgehead atoms. The minimum atomic E-state index is -0.672. The maximum absolute atomic E-state index is 11.6. The van der Waals surface area contributed by atoms with Gasteiger partial charge in [0.1, 0.15) is 0 Å².